The minimum Gasteiger partial charge on any atom is -0.364 e. The summed E-state index contributed by atoms with van der Waals surface area (Å²) in [5, 5.41) is 8.22. The van der Waals surface area contributed by atoms with Crippen LogP contribution in [0.3, 0.4) is 0 Å². The lowest BCUT2D eigenvalue weighted by atomic mass is 9.90. The summed E-state index contributed by atoms with van der Waals surface area (Å²) in [4.78, 5) is 8.30. The van der Waals surface area contributed by atoms with Crippen LogP contribution < -0.4 is 5.32 Å². The van der Waals surface area contributed by atoms with Gasteiger partial charge in [0, 0.05) is 12.4 Å². The van der Waals surface area contributed by atoms with Gasteiger partial charge in [-0.15, -0.1) is 0 Å². The highest BCUT2D eigenvalue weighted by Gasteiger charge is 2.27. The van der Waals surface area contributed by atoms with E-state index >= 15 is 0 Å². The summed E-state index contributed by atoms with van der Waals surface area (Å²) in [6, 6.07) is 2.65. The number of nitrogens with zero attached hydrogens (tertiary/aromatic N) is 4. The van der Waals surface area contributed by atoms with E-state index in [2.05, 4.69) is 20.4 Å². The Labute approximate surface area is 117 Å². The van der Waals surface area contributed by atoms with E-state index in [1.54, 1.807) is 12.4 Å². The molecule has 0 radical (unpaired) electrons. The van der Waals surface area contributed by atoms with E-state index in [0.717, 1.165) is 18.7 Å². The largest absolute Gasteiger partial charge is 0.364 e. The van der Waals surface area contributed by atoms with Gasteiger partial charge in [-0.05, 0) is 18.9 Å². The van der Waals surface area contributed by atoms with Crippen molar-refractivity contribution >= 4 is 17.4 Å². The van der Waals surface area contributed by atoms with E-state index in [1.165, 1.54) is 12.8 Å². The van der Waals surface area contributed by atoms with Crippen LogP contribution in [-0.2, 0) is 0 Å². The number of hydrogen-bond acceptors (Lipinski definition) is 4. The first-order valence-corrected chi connectivity index (χ1v) is 6.94. The van der Waals surface area contributed by atoms with E-state index < -0.39 is 0 Å². The smallest absolute Gasteiger partial charge is 0.149 e. The molecule has 3 rings (SSSR count). The Hall–Kier alpha value is -1.62. The lowest BCUT2D eigenvalue weighted by Gasteiger charge is -2.32. The maximum Gasteiger partial charge on any atom is 0.149 e. The summed E-state index contributed by atoms with van der Waals surface area (Å²) in [6.07, 6.45) is 11.8. The molecule has 1 saturated carbocycles. The first-order chi connectivity index (χ1) is 9.33. The molecule has 0 aromatic carbocycles. The maximum absolute atomic E-state index is 5.87. The van der Waals surface area contributed by atoms with Gasteiger partial charge in [0.1, 0.15) is 11.0 Å². The molecular weight excluding hydrogens is 262 g/mol. The predicted molar refractivity (Wildman–Crippen MR) is 74.2 cm³/mol. The molecule has 0 aliphatic heterocycles. The van der Waals surface area contributed by atoms with Gasteiger partial charge in [0.05, 0.1) is 24.5 Å². The van der Waals surface area contributed by atoms with Crippen molar-refractivity contribution in [3.05, 3.63) is 36.0 Å². The summed E-state index contributed by atoms with van der Waals surface area (Å²) in [6.45, 7) is 0. The first kappa shape index (κ1) is 12.4. The monoisotopic (exact) mass is 277 g/mol. The molecule has 1 aliphatic carbocycles. The molecule has 2 atom stereocenters. The van der Waals surface area contributed by atoms with Gasteiger partial charge in [-0.1, -0.05) is 24.4 Å². The van der Waals surface area contributed by atoms with Gasteiger partial charge in [-0.2, -0.15) is 5.10 Å². The highest BCUT2D eigenvalue weighted by atomic mass is 35.5. The normalized spacial score (nSPS) is 23.2. The molecule has 1 aliphatic rings. The van der Waals surface area contributed by atoms with Gasteiger partial charge in [-0.25, -0.2) is 4.98 Å². The highest BCUT2D eigenvalue weighted by Crippen LogP contribution is 2.30. The topological polar surface area (TPSA) is 55.6 Å². The predicted octanol–water partition coefficient (Wildman–Crippen LogP) is 2.92. The van der Waals surface area contributed by atoms with E-state index in [4.69, 9.17) is 11.6 Å². The molecule has 19 heavy (non-hydrogen) atoms. The molecule has 0 spiro atoms. The summed E-state index contributed by atoms with van der Waals surface area (Å²) in [5.74, 6) is 0.733. The van der Waals surface area contributed by atoms with E-state index in [9.17, 15) is 0 Å². The third-order valence-electron chi connectivity index (χ3n) is 3.53. The lowest BCUT2D eigenvalue weighted by molar-refractivity contribution is 0.301. The van der Waals surface area contributed by atoms with Gasteiger partial charge in [-0.3, -0.25) is 9.67 Å². The van der Waals surface area contributed by atoms with Crippen LogP contribution in [0.25, 0.3) is 0 Å². The van der Waals surface area contributed by atoms with Gasteiger partial charge in [0.25, 0.3) is 0 Å². The summed E-state index contributed by atoms with van der Waals surface area (Å²) in [7, 11) is 0. The van der Waals surface area contributed by atoms with Crippen molar-refractivity contribution in [2.75, 3.05) is 5.32 Å². The second-order valence-corrected chi connectivity index (χ2v) is 5.20. The van der Waals surface area contributed by atoms with Crippen LogP contribution in [0.15, 0.2) is 30.9 Å². The van der Waals surface area contributed by atoms with Crippen LogP contribution in [0.1, 0.15) is 31.7 Å². The Kier molecular flexibility index (Phi) is 3.64. The lowest BCUT2D eigenvalue weighted by Crippen LogP contribution is -2.34. The van der Waals surface area contributed by atoms with Crippen molar-refractivity contribution in [1.82, 2.24) is 19.7 Å². The number of halogens is 1. The van der Waals surface area contributed by atoms with Crippen molar-refractivity contribution in [3.8, 4) is 0 Å². The highest BCUT2D eigenvalue weighted by molar-refractivity contribution is 6.29. The molecule has 0 unspecified atom stereocenters. The summed E-state index contributed by atoms with van der Waals surface area (Å²) < 4.78 is 2.04. The zero-order chi connectivity index (χ0) is 13.1. The maximum atomic E-state index is 5.87. The van der Waals surface area contributed by atoms with Crippen molar-refractivity contribution in [2.45, 2.75) is 37.8 Å². The van der Waals surface area contributed by atoms with Crippen molar-refractivity contribution in [2.24, 2.45) is 0 Å². The Bertz CT molecular complexity index is 528. The first-order valence-electron chi connectivity index (χ1n) is 6.56. The Morgan fingerprint density at radius 1 is 1.26 bits per heavy atom. The molecule has 2 aromatic heterocycles. The second-order valence-electron chi connectivity index (χ2n) is 4.82. The van der Waals surface area contributed by atoms with Gasteiger partial charge in [0.15, 0.2) is 0 Å². The molecule has 6 heteroatoms. The van der Waals surface area contributed by atoms with Crippen LogP contribution in [0, 0.1) is 0 Å². The third kappa shape index (κ3) is 2.87. The van der Waals surface area contributed by atoms with Crippen LogP contribution >= 0.6 is 11.6 Å². The van der Waals surface area contributed by atoms with Crippen molar-refractivity contribution < 1.29 is 0 Å². The Morgan fingerprint density at radius 2 is 2.16 bits per heavy atom. The van der Waals surface area contributed by atoms with Crippen LogP contribution in [-0.4, -0.2) is 25.8 Å². The molecule has 5 nitrogen and oxygen atoms in total. The van der Waals surface area contributed by atoms with E-state index in [-0.39, 0.29) is 0 Å². The Morgan fingerprint density at radius 3 is 2.95 bits per heavy atom. The number of hydrogen-bond donors (Lipinski definition) is 1. The zero-order valence-corrected chi connectivity index (χ0v) is 11.3. The zero-order valence-electron chi connectivity index (χ0n) is 10.5. The molecule has 1 fully saturated rings. The molecule has 0 amide bonds. The fourth-order valence-corrected chi connectivity index (χ4v) is 2.82. The molecule has 2 aromatic rings. The molecule has 2 heterocycles. The standard InChI is InChI=1S/C13H16ClN5/c14-12-8-15-9-13(18-12)17-10-4-1-2-5-11(10)19-7-3-6-16-19/h3,6-11H,1-2,4-5H2,(H,17,18)/t10-,11-/m1/s1. The van der Waals surface area contributed by atoms with Crippen molar-refractivity contribution in [1.29, 1.82) is 0 Å². The summed E-state index contributed by atoms with van der Waals surface area (Å²) in [5.41, 5.74) is 0. The number of nitrogens with one attached hydrogen (secondary N) is 1. The SMILES string of the molecule is Clc1cncc(N[C@@H]2CCCC[C@H]2n2cccn2)n1. The summed E-state index contributed by atoms with van der Waals surface area (Å²) >= 11 is 5.87. The molecule has 0 saturated heterocycles. The van der Waals surface area contributed by atoms with Gasteiger partial charge < -0.3 is 5.32 Å². The fraction of sp³-hybridized carbons (Fsp3) is 0.462. The quantitative estimate of drug-likeness (QED) is 0.937. The fourth-order valence-electron chi connectivity index (χ4n) is 2.67. The third-order valence-corrected chi connectivity index (χ3v) is 3.71. The average Bonchev–Trinajstić information content (AvgIpc) is 2.93. The van der Waals surface area contributed by atoms with Gasteiger partial charge >= 0.3 is 0 Å². The van der Waals surface area contributed by atoms with Gasteiger partial charge in [0.2, 0.25) is 0 Å². The van der Waals surface area contributed by atoms with E-state index in [1.807, 2.05) is 23.1 Å². The average molecular weight is 278 g/mol. The van der Waals surface area contributed by atoms with Crippen molar-refractivity contribution in [3.63, 3.8) is 0 Å². The molecule has 0 bridgehead atoms. The van der Waals surface area contributed by atoms with E-state index in [0.29, 0.717) is 17.2 Å². The minimum absolute atomic E-state index is 0.321. The number of anilines is 1. The minimum atomic E-state index is 0.321. The van der Waals surface area contributed by atoms with Crippen LogP contribution in [0.2, 0.25) is 5.15 Å². The molecule has 1 N–H and O–H groups in total. The van der Waals surface area contributed by atoms with Crippen LogP contribution in [0.5, 0.6) is 0 Å². The number of rotatable bonds is 3. The second kappa shape index (κ2) is 5.57. The molecular formula is C13H16ClN5. The Balaban J connectivity index is 1.77. The molecule has 100 valence electrons. The van der Waals surface area contributed by atoms with Crippen LogP contribution in [0.4, 0.5) is 5.82 Å². The number of aromatic nitrogens is 4.